The molecule has 1 saturated heterocycles. The number of ether oxygens (including phenoxy) is 2. The Kier molecular flexibility index (Phi) is 8.90. The van der Waals surface area contributed by atoms with Crippen LogP contribution in [0.3, 0.4) is 0 Å². The van der Waals surface area contributed by atoms with Gasteiger partial charge in [-0.1, -0.05) is 18.2 Å². The molecule has 2 aromatic carbocycles. The second kappa shape index (κ2) is 11.6. The van der Waals surface area contributed by atoms with Crippen molar-refractivity contribution in [3.8, 4) is 11.5 Å². The minimum Gasteiger partial charge on any atom is -0.494 e. The third-order valence-electron chi connectivity index (χ3n) is 6.01. The van der Waals surface area contributed by atoms with E-state index in [0.29, 0.717) is 19.1 Å². The maximum absolute atomic E-state index is 5.94. The Labute approximate surface area is 208 Å². The molecule has 2 aromatic rings. The molecule has 0 aromatic heterocycles. The third-order valence-corrected chi connectivity index (χ3v) is 6.01. The number of aliphatic imine (C=N–C) groups is 1. The summed E-state index contributed by atoms with van der Waals surface area (Å²) < 4.78 is 11.8. The molecule has 2 N–H and O–H groups in total. The van der Waals surface area contributed by atoms with E-state index < -0.39 is 0 Å². The molecule has 0 bridgehead atoms. The topological polar surface area (TPSA) is 58.1 Å². The maximum atomic E-state index is 5.94. The highest BCUT2D eigenvalue weighted by molar-refractivity contribution is 14.0. The van der Waals surface area contributed by atoms with Crippen molar-refractivity contribution in [2.75, 3.05) is 38.2 Å². The molecule has 0 amide bonds. The largest absolute Gasteiger partial charge is 0.494 e. The summed E-state index contributed by atoms with van der Waals surface area (Å²) in [6.07, 6.45) is 2.35. The summed E-state index contributed by atoms with van der Waals surface area (Å²) in [6.45, 7) is 8.49. The first kappa shape index (κ1) is 24.5. The van der Waals surface area contributed by atoms with E-state index in [1.165, 1.54) is 17.7 Å². The molecule has 2 aliphatic rings. The predicted molar refractivity (Wildman–Crippen MR) is 142 cm³/mol. The van der Waals surface area contributed by atoms with Crippen molar-refractivity contribution < 1.29 is 9.47 Å². The van der Waals surface area contributed by atoms with E-state index >= 15 is 0 Å². The van der Waals surface area contributed by atoms with Crippen LogP contribution in [0.5, 0.6) is 11.5 Å². The number of hydrogen-bond acceptors (Lipinski definition) is 4. The van der Waals surface area contributed by atoms with Gasteiger partial charge in [0.1, 0.15) is 17.6 Å². The van der Waals surface area contributed by atoms with Crippen molar-refractivity contribution in [3.63, 3.8) is 0 Å². The summed E-state index contributed by atoms with van der Waals surface area (Å²) in [7, 11) is 1.82. The van der Waals surface area contributed by atoms with E-state index in [1.54, 1.807) is 0 Å². The lowest BCUT2D eigenvalue weighted by molar-refractivity contribution is 0.254. The van der Waals surface area contributed by atoms with E-state index in [9.17, 15) is 0 Å². The maximum Gasteiger partial charge on any atom is 0.191 e. The zero-order valence-corrected chi connectivity index (χ0v) is 21.6. The van der Waals surface area contributed by atoms with Crippen molar-refractivity contribution in [1.29, 1.82) is 0 Å². The number of halogens is 1. The number of rotatable bonds is 7. The van der Waals surface area contributed by atoms with Crippen LogP contribution >= 0.6 is 24.0 Å². The zero-order valence-electron chi connectivity index (χ0n) is 19.3. The quantitative estimate of drug-likeness (QED) is 0.307. The lowest BCUT2D eigenvalue weighted by Crippen LogP contribution is -2.40. The number of benzene rings is 2. The van der Waals surface area contributed by atoms with Crippen LogP contribution in [-0.4, -0.2) is 45.4 Å². The highest BCUT2D eigenvalue weighted by atomic mass is 127. The number of guanidine groups is 1. The SMILES string of the molecule is CCOc1cc2c(cc1CNC(=NC)NCC1CCN(c3ccccc3)C1)OC(C)C2.I. The standard InChI is InChI=1S/C25H34N4O2.HI/c1-4-30-23-13-20-12-18(2)31-24(20)14-21(23)16-28-25(26-3)27-15-19-10-11-29(17-19)22-8-6-5-7-9-22;/h5-9,13-14,18-19H,4,10-12,15-17H2,1-3H3,(H2,26,27,28);1H. The van der Waals surface area contributed by atoms with Gasteiger partial charge in [-0.15, -0.1) is 24.0 Å². The molecule has 2 heterocycles. The molecule has 32 heavy (non-hydrogen) atoms. The minimum absolute atomic E-state index is 0. The van der Waals surface area contributed by atoms with Crippen LogP contribution in [0.2, 0.25) is 0 Å². The molecular formula is C25H35IN4O2. The molecule has 4 rings (SSSR count). The molecule has 7 heteroatoms. The fourth-order valence-corrected chi connectivity index (χ4v) is 4.42. The van der Waals surface area contributed by atoms with E-state index in [4.69, 9.17) is 9.47 Å². The second-order valence-corrected chi connectivity index (χ2v) is 8.38. The highest BCUT2D eigenvalue weighted by Crippen LogP contribution is 2.35. The number of anilines is 1. The molecular weight excluding hydrogens is 515 g/mol. The monoisotopic (exact) mass is 550 g/mol. The van der Waals surface area contributed by atoms with E-state index in [-0.39, 0.29) is 30.1 Å². The Morgan fingerprint density at radius 1 is 1.22 bits per heavy atom. The van der Waals surface area contributed by atoms with Gasteiger partial charge in [0.25, 0.3) is 0 Å². The van der Waals surface area contributed by atoms with E-state index in [1.807, 2.05) is 14.0 Å². The van der Waals surface area contributed by atoms with Crippen LogP contribution in [-0.2, 0) is 13.0 Å². The molecule has 1 fully saturated rings. The normalized spacial score (nSPS) is 19.7. The Morgan fingerprint density at radius 3 is 2.78 bits per heavy atom. The third kappa shape index (κ3) is 5.99. The molecule has 0 aliphatic carbocycles. The van der Waals surface area contributed by atoms with Gasteiger partial charge in [0.15, 0.2) is 5.96 Å². The smallest absolute Gasteiger partial charge is 0.191 e. The van der Waals surface area contributed by atoms with Crippen LogP contribution in [0.1, 0.15) is 31.4 Å². The Balaban J connectivity index is 0.00000289. The molecule has 174 valence electrons. The average molecular weight is 550 g/mol. The molecule has 0 radical (unpaired) electrons. The van der Waals surface area contributed by atoms with Gasteiger partial charge in [-0.05, 0) is 50.5 Å². The number of para-hydroxylation sites is 1. The first-order chi connectivity index (χ1) is 15.2. The zero-order chi connectivity index (χ0) is 21.6. The van der Waals surface area contributed by atoms with Crippen LogP contribution < -0.4 is 25.0 Å². The molecule has 2 atom stereocenters. The average Bonchev–Trinajstić information content (AvgIpc) is 3.40. The lowest BCUT2D eigenvalue weighted by atomic mass is 10.1. The summed E-state index contributed by atoms with van der Waals surface area (Å²) >= 11 is 0. The first-order valence-corrected chi connectivity index (χ1v) is 11.4. The fourth-order valence-electron chi connectivity index (χ4n) is 4.42. The summed E-state index contributed by atoms with van der Waals surface area (Å²) in [5.41, 5.74) is 3.63. The van der Waals surface area contributed by atoms with Gasteiger partial charge in [-0.25, -0.2) is 0 Å². The van der Waals surface area contributed by atoms with Crippen molar-refractivity contribution in [2.45, 2.75) is 39.3 Å². The Morgan fingerprint density at radius 2 is 2.03 bits per heavy atom. The van der Waals surface area contributed by atoms with Crippen LogP contribution in [0, 0.1) is 5.92 Å². The van der Waals surface area contributed by atoms with Gasteiger partial charge in [0, 0.05) is 56.5 Å². The Bertz CT molecular complexity index is 906. The van der Waals surface area contributed by atoms with Crippen molar-refractivity contribution in [2.24, 2.45) is 10.9 Å². The fraction of sp³-hybridized carbons (Fsp3) is 0.480. The second-order valence-electron chi connectivity index (χ2n) is 8.38. The van der Waals surface area contributed by atoms with Gasteiger partial charge in [-0.3, -0.25) is 4.99 Å². The van der Waals surface area contributed by atoms with E-state index in [0.717, 1.165) is 49.1 Å². The van der Waals surface area contributed by atoms with Crippen molar-refractivity contribution in [3.05, 3.63) is 53.6 Å². The first-order valence-electron chi connectivity index (χ1n) is 11.4. The van der Waals surface area contributed by atoms with Gasteiger partial charge >= 0.3 is 0 Å². The van der Waals surface area contributed by atoms with Gasteiger partial charge in [0.05, 0.1) is 6.61 Å². The molecule has 2 aliphatic heterocycles. The summed E-state index contributed by atoms with van der Waals surface area (Å²) in [5.74, 6) is 3.32. The number of hydrogen-bond donors (Lipinski definition) is 2. The van der Waals surface area contributed by atoms with Crippen molar-refractivity contribution >= 4 is 35.6 Å². The van der Waals surface area contributed by atoms with Gasteiger partial charge in [-0.2, -0.15) is 0 Å². The highest BCUT2D eigenvalue weighted by Gasteiger charge is 2.24. The molecule has 0 spiro atoms. The van der Waals surface area contributed by atoms with Crippen LogP contribution in [0.25, 0.3) is 0 Å². The number of nitrogens with one attached hydrogen (secondary N) is 2. The summed E-state index contributed by atoms with van der Waals surface area (Å²) in [6, 6.07) is 14.9. The Hall–Kier alpha value is -2.16. The predicted octanol–water partition coefficient (Wildman–Crippen LogP) is 4.22. The van der Waals surface area contributed by atoms with Gasteiger partial charge < -0.3 is 25.0 Å². The van der Waals surface area contributed by atoms with Gasteiger partial charge in [0.2, 0.25) is 0 Å². The minimum atomic E-state index is 0. The molecule has 6 nitrogen and oxygen atoms in total. The lowest BCUT2D eigenvalue weighted by Gasteiger charge is -2.19. The van der Waals surface area contributed by atoms with Crippen LogP contribution in [0.15, 0.2) is 47.5 Å². The van der Waals surface area contributed by atoms with E-state index in [2.05, 4.69) is 69.9 Å². The molecule has 2 unspecified atom stereocenters. The summed E-state index contributed by atoms with van der Waals surface area (Å²) in [5, 5.41) is 6.95. The number of fused-ring (bicyclic) bond motifs is 1. The number of nitrogens with zero attached hydrogens (tertiary/aromatic N) is 2. The summed E-state index contributed by atoms with van der Waals surface area (Å²) in [4.78, 5) is 6.87. The van der Waals surface area contributed by atoms with Crippen molar-refractivity contribution in [1.82, 2.24) is 10.6 Å². The molecule has 0 saturated carbocycles. The van der Waals surface area contributed by atoms with Crippen LogP contribution in [0.4, 0.5) is 5.69 Å².